The quantitative estimate of drug-likeness (QED) is 0.182. The lowest BCUT2D eigenvalue weighted by Crippen LogP contribution is -1.91. The summed E-state index contributed by atoms with van der Waals surface area (Å²) < 4.78 is 0. The zero-order valence-corrected chi connectivity index (χ0v) is 24.4. The summed E-state index contributed by atoms with van der Waals surface area (Å²) in [5.74, 6) is 0. The molecule has 1 heterocycles. The highest BCUT2D eigenvalue weighted by Crippen LogP contribution is 2.45. The maximum absolute atomic E-state index is 2.39. The van der Waals surface area contributed by atoms with Gasteiger partial charge in [0.1, 0.15) is 0 Å². The van der Waals surface area contributed by atoms with Gasteiger partial charge >= 0.3 is 0 Å². The molecule has 0 N–H and O–H groups in total. The summed E-state index contributed by atoms with van der Waals surface area (Å²) in [6.45, 7) is 0. The molecule has 1 heteroatoms. The highest BCUT2D eigenvalue weighted by atomic mass is 32.1. The van der Waals surface area contributed by atoms with Crippen molar-refractivity contribution in [3.8, 4) is 54.3 Å². The Labute approximate surface area is 256 Å². The lowest BCUT2D eigenvalue weighted by molar-refractivity contribution is 1.62. The van der Waals surface area contributed by atoms with Crippen LogP contribution in [0.1, 0.15) is 0 Å². The van der Waals surface area contributed by atoms with Crippen LogP contribution in [0, 0.1) is 0 Å². The first kappa shape index (κ1) is 25.5. The van der Waals surface area contributed by atoms with Crippen molar-refractivity contribution in [1.29, 1.82) is 0 Å². The van der Waals surface area contributed by atoms with Crippen LogP contribution in [0.4, 0.5) is 0 Å². The van der Waals surface area contributed by atoms with Crippen LogP contribution in [0.15, 0.2) is 170 Å². The molecule has 1 aromatic heterocycles. The van der Waals surface area contributed by atoms with Crippen molar-refractivity contribution in [2.24, 2.45) is 0 Å². The molecule has 0 aliphatic carbocycles. The maximum Gasteiger partial charge on any atom is 0.0349 e. The van der Waals surface area contributed by atoms with Gasteiger partial charge in [-0.05, 0) is 84.3 Å². The molecule has 0 fully saturated rings. The van der Waals surface area contributed by atoms with Crippen LogP contribution in [0.3, 0.4) is 0 Å². The first-order valence-corrected chi connectivity index (χ1v) is 15.5. The van der Waals surface area contributed by atoms with Gasteiger partial charge < -0.3 is 0 Å². The van der Waals surface area contributed by atoms with Crippen molar-refractivity contribution >= 4 is 32.9 Å². The van der Waals surface area contributed by atoms with E-state index >= 15 is 0 Å². The average molecular weight is 565 g/mol. The highest BCUT2D eigenvalue weighted by Gasteiger charge is 2.17. The number of fused-ring (bicyclic) bond motifs is 2. The number of rotatable bonds is 5. The number of hydrogen-bond donors (Lipinski definition) is 0. The second-order valence-electron chi connectivity index (χ2n) is 10.9. The van der Waals surface area contributed by atoms with Gasteiger partial charge in [-0.2, -0.15) is 0 Å². The van der Waals surface area contributed by atoms with Gasteiger partial charge in [0.25, 0.3) is 0 Å². The second kappa shape index (κ2) is 10.9. The Hall–Kier alpha value is -5.24. The van der Waals surface area contributed by atoms with Crippen LogP contribution < -0.4 is 0 Å². The molecule has 8 rings (SSSR count). The summed E-state index contributed by atoms with van der Waals surface area (Å²) >= 11 is 1.84. The van der Waals surface area contributed by atoms with Crippen molar-refractivity contribution in [2.45, 2.75) is 0 Å². The molecule has 0 bridgehead atoms. The Bertz CT molecular complexity index is 2190. The van der Waals surface area contributed by atoms with E-state index in [4.69, 9.17) is 0 Å². The van der Waals surface area contributed by atoms with E-state index in [1.54, 1.807) is 0 Å². The van der Waals surface area contributed by atoms with Crippen molar-refractivity contribution < 1.29 is 0 Å². The molecule has 0 aliphatic heterocycles. The predicted molar refractivity (Wildman–Crippen MR) is 187 cm³/mol. The van der Waals surface area contributed by atoms with E-state index in [0.717, 1.165) is 0 Å². The number of hydrogen-bond acceptors (Lipinski definition) is 1. The number of thiophene rings is 1. The average Bonchev–Trinajstić information content (AvgIpc) is 3.59. The molecule has 0 atom stereocenters. The van der Waals surface area contributed by atoms with Crippen molar-refractivity contribution in [2.75, 3.05) is 0 Å². The Kier molecular flexibility index (Phi) is 6.44. The summed E-state index contributed by atoms with van der Waals surface area (Å²) in [5.41, 5.74) is 10.0. The molecule has 0 radical (unpaired) electrons. The topological polar surface area (TPSA) is 0 Å². The minimum Gasteiger partial charge on any atom is -0.135 e. The molecule has 0 amide bonds. The molecular weight excluding hydrogens is 537 g/mol. The zero-order chi connectivity index (χ0) is 28.6. The SMILES string of the molecule is c1ccc(-c2ccc(-c3ccc(-c4ccc5c(-c6ccccc6)c6ccccc6c(-c6ccccc6)c5c4)cc3)s2)cc1. The summed E-state index contributed by atoms with van der Waals surface area (Å²) in [4.78, 5) is 2.58. The Balaban J connectivity index is 1.28. The lowest BCUT2D eigenvalue weighted by Gasteiger charge is -2.18. The van der Waals surface area contributed by atoms with Crippen LogP contribution in [0.2, 0.25) is 0 Å². The zero-order valence-electron chi connectivity index (χ0n) is 23.6. The smallest absolute Gasteiger partial charge is 0.0349 e. The highest BCUT2D eigenvalue weighted by molar-refractivity contribution is 7.18. The fourth-order valence-electron chi connectivity index (χ4n) is 6.27. The van der Waals surface area contributed by atoms with Crippen LogP contribution in [-0.2, 0) is 0 Å². The molecule has 0 spiro atoms. The molecule has 0 saturated carbocycles. The minimum absolute atomic E-state index is 1.22. The first-order chi connectivity index (χ1) is 21.3. The number of benzene rings is 7. The molecule has 0 nitrogen and oxygen atoms in total. The fourth-order valence-corrected chi connectivity index (χ4v) is 7.28. The van der Waals surface area contributed by atoms with E-state index < -0.39 is 0 Å². The second-order valence-corrected chi connectivity index (χ2v) is 12.0. The van der Waals surface area contributed by atoms with Crippen LogP contribution in [0.25, 0.3) is 75.8 Å². The van der Waals surface area contributed by atoms with E-state index in [-0.39, 0.29) is 0 Å². The molecule has 0 aliphatic rings. The van der Waals surface area contributed by atoms with E-state index in [1.807, 2.05) is 11.3 Å². The van der Waals surface area contributed by atoms with Gasteiger partial charge in [-0.1, -0.05) is 152 Å². The molecule has 0 saturated heterocycles. The Morgan fingerprint density at radius 1 is 0.256 bits per heavy atom. The van der Waals surface area contributed by atoms with Crippen LogP contribution >= 0.6 is 11.3 Å². The third kappa shape index (κ3) is 4.65. The van der Waals surface area contributed by atoms with Crippen molar-refractivity contribution in [3.05, 3.63) is 170 Å². The summed E-state index contributed by atoms with van der Waals surface area (Å²) in [6, 6.07) is 61.6. The Morgan fingerprint density at radius 3 is 1.21 bits per heavy atom. The monoisotopic (exact) mass is 564 g/mol. The minimum atomic E-state index is 1.22. The molecular formula is C42H28S. The fraction of sp³-hybridized carbons (Fsp3) is 0. The van der Waals surface area contributed by atoms with E-state index in [0.29, 0.717) is 0 Å². The van der Waals surface area contributed by atoms with Gasteiger partial charge in [-0.15, -0.1) is 11.3 Å². The van der Waals surface area contributed by atoms with E-state index in [2.05, 4.69) is 170 Å². The molecule has 7 aromatic carbocycles. The molecule has 0 unspecified atom stereocenters. The van der Waals surface area contributed by atoms with Gasteiger partial charge in [0, 0.05) is 9.75 Å². The van der Waals surface area contributed by atoms with Crippen molar-refractivity contribution in [1.82, 2.24) is 0 Å². The van der Waals surface area contributed by atoms with Crippen LogP contribution in [-0.4, -0.2) is 0 Å². The normalized spacial score (nSPS) is 11.3. The maximum atomic E-state index is 2.39. The lowest BCUT2D eigenvalue weighted by atomic mass is 9.85. The van der Waals surface area contributed by atoms with E-state index in [9.17, 15) is 0 Å². The molecule has 202 valence electrons. The third-order valence-electron chi connectivity index (χ3n) is 8.32. The summed E-state index contributed by atoms with van der Waals surface area (Å²) in [5, 5.41) is 5.11. The van der Waals surface area contributed by atoms with Gasteiger partial charge in [0.2, 0.25) is 0 Å². The standard InChI is InChI=1S/C42H28S/c1-4-12-30(13-5-1)39-26-27-40(43-39)31-22-20-29(21-23-31)34-24-25-37-38(28-34)42(33-16-8-3-9-17-33)36-19-11-10-18-35(36)41(37)32-14-6-2-7-15-32/h1-28H. The predicted octanol–water partition coefficient (Wildman–Crippen LogP) is 12.4. The van der Waals surface area contributed by atoms with Crippen LogP contribution in [0.5, 0.6) is 0 Å². The van der Waals surface area contributed by atoms with Gasteiger partial charge in [-0.3, -0.25) is 0 Å². The summed E-state index contributed by atoms with van der Waals surface area (Å²) in [6.07, 6.45) is 0. The van der Waals surface area contributed by atoms with E-state index in [1.165, 1.54) is 75.8 Å². The molecule has 8 aromatic rings. The summed E-state index contributed by atoms with van der Waals surface area (Å²) in [7, 11) is 0. The van der Waals surface area contributed by atoms with Gasteiger partial charge in [-0.25, -0.2) is 0 Å². The van der Waals surface area contributed by atoms with Gasteiger partial charge in [0.05, 0.1) is 0 Å². The Morgan fingerprint density at radius 2 is 0.651 bits per heavy atom. The van der Waals surface area contributed by atoms with Crippen molar-refractivity contribution in [3.63, 3.8) is 0 Å². The molecule has 43 heavy (non-hydrogen) atoms. The van der Waals surface area contributed by atoms with Gasteiger partial charge in [0.15, 0.2) is 0 Å². The first-order valence-electron chi connectivity index (χ1n) is 14.7. The third-order valence-corrected chi connectivity index (χ3v) is 9.50. The largest absolute Gasteiger partial charge is 0.135 e.